The molecule has 29 heavy (non-hydrogen) atoms. The average molecular weight is 545 g/mol. The molecule has 0 saturated heterocycles. The van der Waals surface area contributed by atoms with Crippen molar-refractivity contribution in [1.82, 2.24) is 4.57 Å². The zero-order valence-corrected chi connectivity index (χ0v) is 20.7. The van der Waals surface area contributed by atoms with Crippen LogP contribution in [0.2, 0.25) is 0 Å². The van der Waals surface area contributed by atoms with Crippen LogP contribution >= 0.6 is 54.5 Å². The van der Waals surface area contributed by atoms with Gasteiger partial charge in [0.2, 0.25) is 0 Å². The topological polar surface area (TPSA) is 4.93 Å². The fourth-order valence-electron chi connectivity index (χ4n) is 3.91. The van der Waals surface area contributed by atoms with Crippen molar-refractivity contribution < 1.29 is 0 Å². The molecule has 3 aromatic heterocycles. The molecule has 3 heterocycles. The van der Waals surface area contributed by atoms with E-state index in [0.717, 1.165) is 6.54 Å². The molecule has 5 heteroatoms. The predicted octanol–water partition coefficient (Wildman–Crippen LogP) is 9.58. The third-order valence-electron chi connectivity index (χ3n) is 5.32. The predicted molar refractivity (Wildman–Crippen MR) is 136 cm³/mol. The normalized spacial score (nSPS) is 11.7. The maximum absolute atomic E-state index is 3.60. The Morgan fingerprint density at radius 2 is 1.24 bits per heavy atom. The molecule has 0 saturated carbocycles. The van der Waals surface area contributed by atoms with Gasteiger partial charge < -0.3 is 4.57 Å². The molecule has 0 aliphatic rings. The molecular weight excluding hydrogens is 526 g/mol. The molecule has 146 valence electrons. The van der Waals surface area contributed by atoms with Gasteiger partial charge in [-0.1, -0.05) is 25.5 Å². The third-order valence-corrected chi connectivity index (χ3v) is 8.66. The van der Waals surface area contributed by atoms with Crippen molar-refractivity contribution >= 4 is 76.3 Å². The van der Waals surface area contributed by atoms with E-state index in [1.54, 1.807) is 22.7 Å². The fraction of sp³-hybridized carbons (Fsp3) is 0.167. The van der Waals surface area contributed by atoms with Crippen molar-refractivity contribution in [1.29, 1.82) is 0 Å². The SMILES string of the molecule is CCCCn1c2ccc(-c3ccc(Br)s3)cc2c2cc(-c3ccc(Br)s3)ccc21. The molecule has 0 atom stereocenters. The lowest BCUT2D eigenvalue weighted by atomic mass is 10.1. The Morgan fingerprint density at radius 3 is 1.66 bits per heavy atom. The van der Waals surface area contributed by atoms with E-state index in [9.17, 15) is 0 Å². The number of halogens is 2. The van der Waals surface area contributed by atoms with E-state index >= 15 is 0 Å². The van der Waals surface area contributed by atoms with Crippen LogP contribution in [0.5, 0.6) is 0 Å². The molecule has 5 aromatic rings. The number of unbranched alkanes of at least 4 members (excludes halogenated alkanes) is 1. The molecule has 0 radical (unpaired) electrons. The van der Waals surface area contributed by atoms with E-state index in [0.29, 0.717) is 0 Å². The monoisotopic (exact) mass is 543 g/mol. The Morgan fingerprint density at radius 1 is 0.724 bits per heavy atom. The van der Waals surface area contributed by atoms with Crippen LogP contribution in [-0.4, -0.2) is 4.57 Å². The Hall–Kier alpha value is -1.40. The first-order chi connectivity index (χ1) is 14.1. The van der Waals surface area contributed by atoms with E-state index in [-0.39, 0.29) is 0 Å². The van der Waals surface area contributed by atoms with Crippen molar-refractivity contribution in [3.05, 3.63) is 68.2 Å². The Labute approximate surface area is 195 Å². The molecule has 1 nitrogen and oxygen atoms in total. The highest BCUT2D eigenvalue weighted by molar-refractivity contribution is 9.11. The Bertz CT molecular complexity index is 1230. The minimum Gasteiger partial charge on any atom is -0.340 e. The van der Waals surface area contributed by atoms with Gasteiger partial charge in [0.1, 0.15) is 0 Å². The summed E-state index contributed by atoms with van der Waals surface area (Å²) < 4.78 is 4.84. The van der Waals surface area contributed by atoms with Crippen LogP contribution in [0.3, 0.4) is 0 Å². The average Bonchev–Trinajstić information content (AvgIpc) is 3.43. The number of aromatic nitrogens is 1. The molecule has 5 rings (SSSR count). The second kappa shape index (κ2) is 8.03. The van der Waals surface area contributed by atoms with Crippen molar-refractivity contribution in [3.8, 4) is 20.9 Å². The van der Waals surface area contributed by atoms with Crippen molar-refractivity contribution in [2.45, 2.75) is 26.3 Å². The van der Waals surface area contributed by atoms with Crippen LogP contribution in [0.4, 0.5) is 0 Å². The zero-order valence-electron chi connectivity index (χ0n) is 15.9. The standard InChI is InChI=1S/C24H19Br2NS2/c1-2-3-12-27-19-6-4-15(21-8-10-23(25)28-21)13-17(19)18-14-16(5-7-20(18)27)22-9-11-24(26)29-22/h4-11,13-14H,2-3,12H2,1H3. The maximum atomic E-state index is 3.60. The summed E-state index contributed by atoms with van der Waals surface area (Å²) >= 11 is 10.8. The first-order valence-corrected chi connectivity index (χ1v) is 12.9. The smallest absolute Gasteiger partial charge is 0.0705 e. The van der Waals surface area contributed by atoms with Gasteiger partial charge in [-0.2, -0.15) is 0 Å². The van der Waals surface area contributed by atoms with Crippen LogP contribution in [-0.2, 0) is 6.54 Å². The van der Waals surface area contributed by atoms with E-state index in [2.05, 4.69) is 104 Å². The highest BCUT2D eigenvalue weighted by Crippen LogP contribution is 2.39. The molecular formula is C24H19Br2NS2. The fourth-order valence-corrected chi connectivity index (χ4v) is 6.67. The van der Waals surface area contributed by atoms with E-state index < -0.39 is 0 Å². The molecule has 0 amide bonds. The number of hydrogen-bond donors (Lipinski definition) is 0. The number of rotatable bonds is 5. The lowest BCUT2D eigenvalue weighted by Crippen LogP contribution is -1.96. The van der Waals surface area contributed by atoms with Crippen LogP contribution < -0.4 is 0 Å². The zero-order chi connectivity index (χ0) is 20.0. The minimum absolute atomic E-state index is 1.06. The van der Waals surface area contributed by atoms with E-state index in [4.69, 9.17) is 0 Å². The molecule has 0 aliphatic carbocycles. The summed E-state index contributed by atoms with van der Waals surface area (Å²) in [6.07, 6.45) is 2.39. The van der Waals surface area contributed by atoms with E-state index in [1.807, 2.05) is 0 Å². The highest BCUT2D eigenvalue weighted by Gasteiger charge is 2.14. The van der Waals surface area contributed by atoms with Gasteiger partial charge in [0.05, 0.1) is 7.57 Å². The van der Waals surface area contributed by atoms with Gasteiger partial charge in [-0.3, -0.25) is 0 Å². The summed E-state index contributed by atoms with van der Waals surface area (Å²) in [5, 5.41) is 2.69. The second-order valence-electron chi connectivity index (χ2n) is 7.18. The summed E-state index contributed by atoms with van der Waals surface area (Å²) in [5.41, 5.74) is 5.23. The number of fused-ring (bicyclic) bond motifs is 3. The highest BCUT2D eigenvalue weighted by atomic mass is 79.9. The number of benzene rings is 2. The summed E-state index contributed by atoms with van der Waals surface area (Å²) in [6, 6.07) is 22.5. The molecule has 0 bridgehead atoms. The summed E-state index contributed by atoms with van der Waals surface area (Å²) in [4.78, 5) is 2.60. The lowest BCUT2D eigenvalue weighted by molar-refractivity contribution is 0.665. The van der Waals surface area contributed by atoms with Gasteiger partial charge in [0.25, 0.3) is 0 Å². The second-order valence-corrected chi connectivity index (χ2v) is 12.1. The minimum atomic E-state index is 1.06. The van der Waals surface area contributed by atoms with Crippen molar-refractivity contribution in [2.24, 2.45) is 0 Å². The summed E-state index contributed by atoms with van der Waals surface area (Å²) in [5.74, 6) is 0. The van der Waals surface area contributed by atoms with Gasteiger partial charge in [0.15, 0.2) is 0 Å². The van der Waals surface area contributed by atoms with E-state index in [1.165, 1.54) is 63.1 Å². The van der Waals surface area contributed by atoms with Gasteiger partial charge in [-0.25, -0.2) is 0 Å². The molecule has 0 aliphatic heterocycles. The number of aryl methyl sites for hydroxylation is 1. The largest absolute Gasteiger partial charge is 0.340 e. The van der Waals surface area contributed by atoms with Crippen LogP contribution in [0.25, 0.3) is 42.7 Å². The van der Waals surface area contributed by atoms with Gasteiger partial charge in [-0.05, 0) is 97.9 Å². The molecule has 2 aromatic carbocycles. The first kappa shape index (κ1) is 19.6. The molecule has 0 spiro atoms. The maximum Gasteiger partial charge on any atom is 0.0705 e. The molecule has 0 unspecified atom stereocenters. The summed E-state index contributed by atoms with van der Waals surface area (Å²) in [6.45, 7) is 3.32. The number of hydrogen-bond acceptors (Lipinski definition) is 2. The van der Waals surface area contributed by atoms with Crippen LogP contribution in [0.15, 0.2) is 68.2 Å². The Balaban J connectivity index is 1.75. The Kier molecular flexibility index (Phi) is 5.41. The first-order valence-electron chi connectivity index (χ1n) is 9.71. The van der Waals surface area contributed by atoms with Crippen LogP contribution in [0.1, 0.15) is 19.8 Å². The number of nitrogens with zero attached hydrogens (tertiary/aromatic N) is 1. The van der Waals surface area contributed by atoms with Crippen LogP contribution in [0, 0.1) is 0 Å². The van der Waals surface area contributed by atoms with Crippen molar-refractivity contribution in [3.63, 3.8) is 0 Å². The van der Waals surface area contributed by atoms with Gasteiger partial charge in [-0.15, -0.1) is 22.7 Å². The van der Waals surface area contributed by atoms with Crippen molar-refractivity contribution in [2.75, 3.05) is 0 Å². The van der Waals surface area contributed by atoms with Gasteiger partial charge in [0, 0.05) is 38.1 Å². The molecule has 0 fully saturated rings. The van der Waals surface area contributed by atoms with Gasteiger partial charge >= 0.3 is 0 Å². The number of thiophene rings is 2. The lowest BCUT2D eigenvalue weighted by Gasteiger charge is -2.07. The molecule has 0 N–H and O–H groups in total. The quantitative estimate of drug-likeness (QED) is 0.207. The third kappa shape index (κ3) is 3.63. The summed E-state index contributed by atoms with van der Waals surface area (Å²) in [7, 11) is 0.